The molecule has 0 amide bonds. The zero-order chi connectivity index (χ0) is 14.9. The van der Waals surface area contributed by atoms with Crippen LogP contribution in [0.25, 0.3) is 0 Å². The number of benzene rings is 2. The number of nitrogen functional groups attached to an aromatic ring is 1. The Morgan fingerprint density at radius 2 is 1.55 bits per heavy atom. The molecule has 0 saturated heterocycles. The Labute approximate surface area is 113 Å². The van der Waals surface area contributed by atoms with Gasteiger partial charge in [0.1, 0.15) is 4.90 Å². The Balaban J connectivity index is 2.42. The third kappa shape index (κ3) is 2.69. The SMILES string of the molecule is Nc1ccccc1S(=O)(=O)Nc1cc(F)c(F)c(F)c1. The Bertz CT molecular complexity index is 740. The number of hydrogen-bond donors (Lipinski definition) is 2. The first kappa shape index (κ1) is 14.2. The van der Waals surface area contributed by atoms with Gasteiger partial charge >= 0.3 is 0 Å². The molecule has 8 heteroatoms. The molecule has 0 unspecified atom stereocenters. The Morgan fingerprint density at radius 1 is 1.00 bits per heavy atom. The molecule has 4 nitrogen and oxygen atoms in total. The summed E-state index contributed by atoms with van der Waals surface area (Å²) in [5.74, 6) is -4.67. The van der Waals surface area contributed by atoms with Gasteiger partial charge in [0.15, 0.2) is 17.5 Å². The van der Waals surface area contributed by atoms with Gasteiger partial charge < -0.3 is 5.73 Å². The predicted molar refractivity (Wildman–Crippen MR) is 68.0 cm³/mol. The zero-order valence-electron chi connectivity index (χ0n) is 9.90. The quantitative estimate of drug-likeness (QED) is 0.676. The van der Waals surface area contributed by atoms with Crippen molar-refractivity contribution in [2.24, 2.45) is 0 Å². The van der Waals surface area contributed by atoms with E-state index in [1.807, 2.05) is 4.72 Å². The van der Waals surface area contributed by atoms with Crippen LogP contribution in [0.2, 0.25) is 0 Å². The Morgan fingerprint density at radius 3 is 2.10 bits per heavy atom. The van der Waals surface area contributed by atoms with Crippen molar-refractivity contribution in [3.05, 3.63) is 53.8 Å². The molecule has 20 heavy (non-hydrogen) atoms. The van der Waals surface area contributed by atoms with E-state index in [-0.39, 0.29) is 10.6 Å². The molecular formula is C12H9F3N2O2S. The van der Waals surface area contributed by atoms with E-state index in [0.717, 1.165) is 0 Å². The minimum Gasteiger partial charge on any atom is -0.398 e. The van der Waals surface area contributed by atoms with Crippen LogP contribution in [-0.4, -0.2) is 8.42 Å². The standard InChI is InChI=1S/C12H9F3N2O2S/c13-8-5-7(6-9(14)12(8)15)17-20(18,19)11-4-2-1-3-10(11)16/h1-6,17H,16H2. The molecule has 3 N–H and O–H groups in total. The van der Waals surface area contributed by atoms with Gasteiger partial charge in [-0.15, -0.1) is 0 Å². The summed E-state index contributed by atoms with van der Waals surface area (Å²) < 4.78 is 64.8. The highest BCUT2D eigenvalue weighted by atomic mass is 32.2. The Hall–Kier alpha value is -2.22. The molecule has 0 aromatic heterocycles. The lowest BCUT2D eigenvalue weighted by atomic mass is 10.3. The van der Waals surface area contributed by atoms with Gasteiger partial charge in [-0.2, -0.15) is 0 Å². The smallest absolute Gasteiger partial charge is 0.263 e. The summed E-state index contributed by atoms with van der Waals surface area (Å²) in [4.78, 5) is -0.245. The molecular weight excluding hydrogens is 293 g/mol. The van der Waals surface area contributed by atoms with E-state index in [1.165, 1.54) is 24.3 Å². The normalized spacial score (nSPS) is 11.3. The molecule has 0 aliphatic heterocycles. The molecule has 2 aromatic rings. The maximum absolute atomic E-state index is 13.0. The van der Waals surface area contributed by atoms with Crippen LogP contribution in [0.5, 0.6) is 0 Å². The minimum absolute atomic E-state index is 0.0249. The van der Waals surface area contributed by atoms with Gasteiger partial charge in [0.25, 0.3) is 10.0 Å². The van der Waals surface area contributed by atoms with E-state index in [0.29, 0.717) is 12.1 Å². The number of nitrogens with two attached hydrogens (primary N) is 1. The third-order valence-electron chi connectivity index (χ3n) is 2.44. The molecule has 0 fully saturated rings. The number of rotatable bonds is 3. The van der Waals surface area contributed by atoms with Crippen molar-refractivity contribution in [1.82, 2.24) is 0 Å². The van der Waals surface area contributed by atoms with Crippen molar-refractivity contribution < 1.29 is 21.6 Å². The van der Waals surface area contributed by atoms with Crippen LogP contribution in [0.15, 0.2) is 41.3 Å². The number of anilines is 2. The van der Waals surface area contributed by atoms with E-state index in [1.54, 1.807) is 0 Å². The summed E-state index contributed by atoms with van der Waals surface area (Å²) in [6.07, 6.45) is 0. The number of halogens is 3. The van der Waals surface area contributed by atoms with E-state index in [2.05, 4.69) is 0 Å². The van der Waals surface area contributed by atoms with Crippen LogP contribution < -0.4 is 10.5 Å². The van der Waals surface area contributed by atoms with Crippen molar-refractivity contribution in [2.75, 3.05) is 10.5 Å². The van der Waals surface area contributed by atoms with Crippen LogP contribution in [-0.2, 0) is 10.0 Å². The molecule has 2 aromatic carbocycles. The summed E-state index contributed by atoms with van der Waals surface area (Å²) in [6.45, 7) is 0. The third-order valence-corrected chi connectivity index (χ3v) is 3.90. The molecule has 106 valence electrons. The largest absolute Gasteiger partial charge is 0.398 e. The van der Waals surface area contributed by atoms with E-state index < -0.39 is 33.2 Å². The second kappa shape index (κ2) is 5.04. The monoisotopic (exact) mass is 302 g/mol. The number of nitrogens with one attached hydrogen (secondary N) is 1. The average molecular weight is 302 g/mol. The van der Waals surface area contributed by atoms with E-state index >= 15 is 0 Å². The van der Waals surface area contributed by atoms with Crippen LogP contribution >= 0.6 is 0 Å². The van der Waals surface area contributed by atoms with Crippen molar-refractivity contribution in [3.63, 3.8) is 0 Å². The van der Waals surface area contributed by atoms with Gasteiger partial charge in [-0.05, 0) is 12.1 Å². The highest BCUT2D eigenvalue weighted by Gasteiger charge is 2.19. The van der Waals surface area contributed by atoms with Gasteiger partial charge in [-0.3, -0.25) is 4.72 Å². The first-order chi connectivity index (χ1) is 9.31. The van der Waals surface area contributed by atoms with Gasteiger partial charge in [-0.1, -0.05) is 12.1 Å². The summed E-state index contributed by atoms with van der Waals surface area (Å²) in [5, 5.41) is 0. The lowest BCUT2D eigenvalue weighted by Gasteiger charge is -2.10. The topological polar surface area (TPSA) is 72.2 Å². The molecule has 0 saturated carbocycles. The maximum atomic E-state index is 13.0. The van der Waals surface area contributed by atoms with Crippen LogP contribution in [0.4, 0.5) is 24.5 Å². The van der Waals surface area contributed by atoms with Crippen molar-refractivity contribution >= 4 is 21.4 Å². The fourth-order valence-electron chi connectivity index (χ4n) is 1.55. The summed E-state index contributed by atoms with van der Waals surface area (Å²) in [5.41, 5.74) is 5.05. The summed E-state index contributed by atoms with van der Waals surface area (Å²) >= 11 is 0. The summed E-state index contributed by atoms with van der Waals surface area (Å²) in [7, 11) is -4.12. The fraction of sp³-hybridized carbons (Fsp3) is 0. The van der Waals surface area contributed by atoms with Crippen LogP contribution in [0.3, 0.4) is 0 Å². The molecule has 0 atom stereocenters. The van der Waals surface area contributed by atoms with Gasteiger partial charge in [0.05, 0.1) is 11.4 Å². The Kier molecular flexibility index (Phi) is 3.58. The van der Waals surface area contributed by atoms with Crippen molar-refractivity contribution in [2.45, 2.75) is 4.90 Å². The number of hydrogen-bond acceptors (Lipinski definition) is 3. The van der Waals surface area contributed by atoms with Gasteiger partial charge in [0.2, 0.25) is 0 Å². The molecule has 0 heterocycles. The maximum Gasteiger partial charge on any atom is 0.263 e. The molecule has 2 rings (SSSR count). The minimum atomic E-state index is -4.12. The lowest BCUT2D eigenvalue weighted by Crippen LogP contribution is -2.15. The second-order valence-electron chi connectivity index (χ2n) is 3.90. The number of sulfonamides is 1. The fourth-order valence-corrected chi connectivity index (χ4v) is 2.72. The highest BCUT2D eigenvalue weighted by Crippen LogP contribution is 2.23. The van der Waals surface area contributed by atoms with E-state index in [9.17, 15) is 21.6 Å². The van der Waals surface area contributed by atoms with Crippen LogP contribution in [0, 0.1) is 17.5 Å². The molecule has 0 bridgehead atoms. The predicted octanol–water partition coefficient (Wildman–Crippen LogP) is 2.49. The molecule has 0 radical (unpaired) electrons. The zero-order valence-corrected chi connectivity index (χ0v) is 10.7. The van der Waals surface area contributed by atoms with E-state index in [4.69, 9.17) is 5.73 Å². The number of para-hydroxylation sites is 1. The lowest BCUT2D eigenvalue weighted by molar-refractivity contribution is 0.448. The highest BCUT2D eigenvalue weighted by molar-refractivity contribution is 7.92. The van der Waals surface area contributed by atoms with Crippen molar-refractivity contribution in [1.29, 1.82) is 0 Å². The van der Waals surface area contributed by atoms with Crippen molar-refractivity contribution in [3.8, 4) is 0 Å². The first-order valence-corrected chi connectivity index (χ1v) is 6.81. The van der Waals surface area contributed by atoms with Gasteiger partial charge in [-0.25, -0.2) is 21.6 Å². The first-order valence-electron chi connectivity index (χ1n) is 5.33. The summed E-state index contributed by atoms with van der Waals surface area (Å²) in [6, 6.07) is 6.64. The molecule has 0 aliphatic carbocycles. The van der Waals surface area contributed by atoms with Crippen LogP contribution in [0.1, 0.15) is 0 Å². The second-order valence-corrected chi connectivity index (χ2v) is 5.55. The average Bonchev–Trinajstić information content (AvgIpc) is 2.35. The van der Waals surface area contributed by atoms with Gasteiger partial charge in [0, 0.05) is 12.1 Å². The molecule has 0 spiro atoms. The molecule has 0 aliphatic rings.